The van der Waals surface area contributed by atoms with E-state index >= 15 is 0 Å². The van der Waals surface area contributed by atoms with Crippen molar-refractivity contribution in [3.8, 4) is 0 Å². The third-order valence-corrected chi connectivity index (χ3v) is 3.04. The molecule has 2 N–H and O–H groups in total. The van der Waals surface area contributed by atoms with Gasteiger partial charge in [0.25, 0.3) is 0 Å². The molecule has 1 heterocycles. The third kappa shape index (κ3) is 8.44. The summed E-state index contributed by atoms with van der Waals surface area (Å²) in [6, 6.07) is 0.506. The van der Waals surface area contributed by atoms with Crippen LogP contribution in [0.4, 0.5) is 0 Å². The van der Waals surface area contributed by atoms with Crippen LogP contribution in [0.25, 0.3) is 0 Å². The molecular weight excluding hydrogens is 236 g/mol. The molecule has 1 saturated heterocycles. The highest BCUT2D eigenvalue weighted by Crippen LogP contribution is 2.21. The van der Waals surface area contributed by atoms with E-state index < -0.39 is 0 Å². The Hall–Kier alpha value is -0.280. The summed E-state index contributed by atoms with van der Waals surface area (Å²) in [5.41, 5.74) is 0.341. The Kier molecular flexibility index (Phi) is 7.80. The molecule has 3 nitrogen and oxygen atoms in total. The highest BCUT2D eigenvalue weighted by Gasteiger charge is 2.15. The van der Waals surface area contributed by atoms with E-state index in [1.54, 1.807) is 0 Å². The summed E-state index contributed by atoms with van der Waals surface area (Å²) in [6.45, 7) is 8.55. The zero-order chi connectivity index (χ0) is 12.0. The number of hydrogen-bond acceptors (Lipinski definition) is 2. The molecule has 0 aromatic rings. The zero-order valence-corrected chi connectivity index (χ0v) is 12.2. The first-order valence-corrected chi connectivity index (χ1v) is 6.47. The average molecular weight is 263 g/mol. The van der Waals surface area contributed by atoms with Crippen LogP contribution in [-0.4, -0.2) is 25.0 Å². The molecule has 0 saturated carbocycles. The summed E-state index contributed by atoms with van der Waals surface area (Å²) >= 11 is 0. The molecule has 1 amide bonds. The van der Waals surface area contributed by atoms with Crippen LogP contribution in [0, 0.1) is 5.41 Å². The van der Waals surface area contributed by atoms with E-state index in [4.69, 9.17) is 0 Å². The molecule has 0 aromatic heterocycles. The smallest absolute Gasteiger partial charge is 0.220 e. The minimum atomic E-state index is 0. The number of carbonyl (C=O) groups is 1. The predicted octanol–water partition coefficient (Wildman–Crippen LogP) is 2.49. The van der Waals surface area contributed by atoms with Gasteiger partial charge in [-0.3, -0.25) is 4.79 Å². The van der Waals surface area contributed by atoms with Gasteiger partial charge in [0.05, 0.1) is 0 Å². The molecule has 17 heavy (non-hydrogen) atoms. The van der Waals surface area contributed by atoms with Crippen LogP contribution in [-0.2, 0) is 4.79 Å². The zero-order valence-electron chi connectivity index (χ0n) is 11.3. The molecule has 1 unspecified atom stereocenters. The van der Waals surface area contributed by atoms with Crippen LogP contribution in [0.1, 0.15) is 52.9 Å². The molecule has 0 aromatic carbocycles. The van der Waals surface area contributed by atoms with Gasteiger partial charge in [-0.1, -0.05) is 20.8 Å². The van der Waals surface area contributed by atoms with E-state index in [1.807, 2.05) is 0 Å². The second-order valence-corrected chi connectivity index (χ2v) is 6.01. The first-order chi connectivity index (χ1) is 7.47. The van der Waals surface area contributed by atoms with Crippen LogP contribution >= 0.6 is 12.4 Å². The Morgan fingerprint density at radius 1 is 1.41 bits per heavy atom. The van der Waals surface area contributed by atoms with E-state index in [0.717, 1.165) is 25.9 Å². The summed E-state index contributed by atoms with van der Waals surface area (Å²) in [5, 5.41) is 6.39. The van der Waals surface area contributed by atoms with Gasteiger partial charge in [0.1, 0.15) is 0 Å². The standard InChI is InChI=1S/C13H26N2O.ClH/c1-13(2,3)8-4-7-12(16)15-10-11-6-5-9-14-11;/h11,14H,4-10H2,1-3H3,(H,15,16);1H. The molecule has 1 rings (SSSR count). The predicted molar refractivity (Wildman–Crippen MR) is 74.6 cm³/mol. The molecule has 0 bridgehead atoms. The Balaban J connectivity index is 0.00000256. The lowest BCUT2D eigenvalue weighted by Crippen LogP contribution is -2.37. The lowest BCUT2D eigenvalue weighted by Gasteiger charge is -2.17. The van der Waals surface area contributed by atoms with Crippen molar-refractivity contribution in [2.24, 2.45) is 5.41 Å². The van der Waals surface area contributed by atoms with Crippen LogP contribution in [0.3, 0.4) is 0 Å². The maximum absolute atomic E-state index is 11.5. The van der Waals surface area contributed by atoms with Crippen molar-refractivity contribution in [3.05, 3.63) is 0 Å². The first kappa shape index (κ1) is 16.7. The van der Waals surface area contributed by atoms with E-state index in [2.05, 4.69) is 31.4 Å². The van der Waals surface area contributed by atoms with Crippen LogP contribution in [0.2, 0.25) is 0 Å². The maximum atomic E-state index is 11.5. The van der Waals surface area contributed by atoms with Gasteiger partial charge in [-0.15, -0.1) is 12.4 Å². The summed E-state index contributed by atoms with van der Waals surface area (Å²) < 4.78 is 0. The van der Waals surface area contributed by atoms with E-state index in [-0.39, 0.29) is 18.3 Å². The van der Waals surface area contributed by atoms with Gasteiger partial charge in [-0.25, -0.2) is 0 Å². The molecule has 0 spiro atoms. The summed E-state index contributed by atoms with van der Waals surface area (Å²) in [6.07, 6.45) is 5.21. The number of halogens is 1. The fourth-order valence-electron chi connectivity index (χ4n) is 2.04. The lowest BCUT2D eigenvalue weighted by molar-refractivity contribution is -0.121. The Morgan fingerprint density at radius 2 is 2.12 bits per heavy atom. The summed E-state index contributed by atoms with van der Waals surface area (Å²) in [5.74, 6) is 0.206. The molecule has 1 aliphatic heterocycles. The number of nitrogens with one attached hydrogen (secondary N) is 2. The largest absolute Gasteiger partial charge is 0.355 e. The summed E-state index contributed by atoms with van der Waals surface area (Å²) in [7, 11) is 0. The minimum Gasteiger partial charge on any atom is -0.355 e. The van der Waals surface area contributed by atoms with Gasteiger partial charge < -0.3 is 10.6 Å². The van der Waals surface area contributed by atoms with Gasteiger partial charge in [-0.2, -0.15) is 0 Å². The fraction of sp³-hybridized carbons (Fsp3) is 0.923. The van der Waals surface area contributed by atoms with Gasteiger partial charge in [0.15, 0.2) is 0 Å². The Bertz CT molecular complexity index is 220. The monoisotopic (exact) mass is 262 g/mol. The highest BCUT2D eigenvalue weighted by atomic mass is 35.5. The van der Waals surface area contributed by atoms with Crippen molar-refractivity contribution in [1.82, 2.24) is 10.6 Å². The Morgan fingerprint density at radius 3 is 2.65 bits per heavy atom. The van der Waals surface area contributed by atoms with Gasteiger partial charge in [0.2, 0.25) is 5.91 Å². The molecule has 102 valence electrons. The first-order valence-electron chi connectivity index (χ1n) is 6.47. The second-order valence-electron chi connectivity index (χ2n) is 6.01. The topological polar surface area (TPSA) is 41.1 Å². The maximum Gasteiger partial charge on any atom is 0.220 e. The SMILES string of the molecule is CC(C)(C)CCCC(=O)NCC1CCCN1.Cl. The highest BCUT2D eigenvalue weighted by molar-refractivity contribution is 5.85. The van der Waals surface area contributed by atoms with Crippen LogP contribution in [0.5, 0.6) is 0 Å². The Labute approximate surface area is 112 Å². The van der Waals surface area contributed by atoms with Crippen molar-refractivity contribution in [2.75, 3.05) is 13.1 Å². The van der Waals surface area contributed by atoms with Gasteiger partial charge >= 0.3 is 0 Å². The van der Waals surface area contributed by atoms with E-state index in [9.17, 15) is 4.79 Å². The number of carbonyl (C=O) groups excluding carboxylic acids is 1. The second kappa shape index (κ2) is 7.93. The third-order valence-electron chi connectivity index (χ3n) is 3.04. The minimum absolute atomic E-state index is 0. The van der Waals surface area contributed by atoms with Gasteiger partial charge in [0, 0.05) is 19.0 Å². The van der Waals surface area contributed by atoms with E-state index in [0.29, 0.717) is 17.9 Å². The molecule has 0 radical (unpaired) electrons. The van der Waals surface area contributed by atoms with Crippen molar-refractivity contribution < 1.29 is 4.79 Å². The van der Waals surface area contributed by atoms with Crippen LogP contribution in [0.15, 0.2) is 0 Å². The van der Waals surface area contributed by atoms with Crippen LogP contribution < -0.4 is 10.6 Å². The average Bonchev–Trinajstić information content (AvgIpc) is 2.65. The lowest BCUT2D eigenvalue weighted by atomic mass is 9.90. The molecule has 1 aliphatic rings. The molecule has 4 heteroatoms. The molecule has 1 atom stereocenters. The van der Waals surface area contributed by atoms with Crippen molar-refractivity contribution in [2.45, 2.75) is 58.9 Å². The fourth-order valence-corrected chi connectivity index (χ4v) is 2.04. The van der Waals surface area contributed by atoms with Crippen molar-refractivity contribution in [3.63, 3.8) is 0 Å². The van der Waals surface area contributed by atoms with E-state index in [1.165, 1.54) is 12.8 Å². The number of rotatable bonds is 5. The molecule has 1 fully saturated rings. The van der Waals surface area contributed by atoms with Crippen molar-refractivity contribution in [1.29, 1.82) is 0 Å². The molecular formula is C13H27ClN2O. The normalized spacial score (nSPS) is 19.8. The molecule has 0 aliphatic carbocycles. The number of amides is 1. The van der Waals surface area contributed by atoms with Crippen molar-refractivity contribution >= 4 is 18.3 Å². The van der Waals surface area contributed by atoms with Gasteiger partial charge in [-0.05, 0) is 37.6 Å². The number of hydrogen-bond donors (Lipinski definition) is 2. The summed E-state index contributed by atoms with van der Waals surface area (Å²) in [4.78, 5) is 11.5. The quantitative estimate of drug-likeness (QED) is 0.799.